The Morgan fingerprint density at radius 1 is 1.23 bits per heavy atom. The summed E-state index contributed by atoms with van der Waals surface area (Å²) in [7, 11) is 0. The monoisotopic (exact) mass is 564 g/mol. The Morgan fingerprint density at radius 2 is 2.03 bits per heavy atom. The van der Waals surface area contributed by atoms with Gasteiger partial charge in [0.15, 0.2) is 5.82 Å². The van der Waals surface area contributed by atoms with Crippen molar-refractivity contribution in [1.82, 2.24) is 20.3 Å². The number of nitrogens with two attached hydrogens (primary N) is 1. The van der Waals surface area contributed by atoms with Gasteiger partial charge in [-0.05, 0) is 48.4 Å². The molecule has 4 unspecified atom stereocenters. The number of hydrogen-bond donors (Lipinski definition) is 3. The maximum Gasteiger partial charge on any atom is 0.270 e. The van der Waals surface area contributed by atoms with Crippen LogP contribution in [0.1, 0.15) is 36.1 Å². The van der Waals surface area contributed by atoms with Crippen molar-refractivity contribution >= 4 is 29.2 Å². The van der Waals surface area contributed by atoms with Crippen LogP contribution >= 0.6 is 11.6 Å². The Hall–Kier alpha value is -3.52. The van der Waals surface area contributed by atoms with Gasteiger partial charge >= 0.3 is 0 Å². The number of nitrogens with zero attached hydrogens (tertiary/aromatic N) is 4. The van der Waals surface area contributed by atoms with Crippen LogP contribution in [-0.2, 0) is 20.9 Å². The number of carbonyl (C=O) groups is 2. The lowest BCUT2D eigenvalue weighted by molar-refractivity contribution is -0.149. The van der Waals surface area contributed by atoms with E-state index in [1.54, 1.807) is 0 Å². The highest BCUT2D eigenvalue weighted by molar-refractivity contribution is 6.30. The first kappa shape index (κ1) is 27.1. The maximum atomic E-state index is 14.2. The molecule has 4 atom stereocenters. The molecule has 2 aliphatic heterocycles. The molecule has 206 valence electrons. The first-order valence-electron chi connectivity index (χ1n) is 12.1. The van der Waals surface area contributed by atoms with Crippen LogP contribution in [0.2, 0.25) is 5.02 Å². The molecule has 2 fully saturated rings. The van der Waals surface area contributed by atoms with Gasteiger partial charge in [-0.15, -0.1) is 5.10 Å². The van der Waals surface area contributed by atoms with Crippen LogP contribution in [0.4, 0.5) is 19.0 Å². The number of nitrogens with one attached hydrogen (secondary N) is 1. The molecule has 0 aliphatic carbocycles. The van der Waals surface area contributed by atoms with Crippen molar-refractivity contribution < 1.29 is 32.6 Å². The van der Waals surface area contributed by atoms with Gasteiger partial charge in [0, 0.05) is 36.1 Å². The molecule has 39 heavy (non-hydrogen) atoms. The predicted molar refractivity (Wildman–Crippen MR) is 132 cm³/mol. The topological polar surface area (TPSA) is 136 Å². The normalized spacial score (nSPS) is 25.2. The minimum atomic E-state index is -2.35. The summed E-state index contributed by atoms with van der Waals surface area (Å²) in [5, 5.41) is 21.9. The quantitative estimate of drug-likeness (QED) is 0.390. The second-order valence-electron chi connectivity index (χ2n) is 9.52. The number of carbonyl (C=O) groups excluding carboxylic acids is 2. The van der Waals surface area contributed by atoms with Crippen molar-refractivity contribution in [3.05, 3.63) is 76.2 Å². The third kappa shape index (κ3) is 5.35. The smallest absolute Gasteiger partial charge is 0.270 e. The molecule has 5 rings (SSSR count). The summed E-state index contributed by atoms with van der Waals surface area (Å²) in [6, 6.07) is 5.66. The SMILES string of the molecule is NC1CC(n2ncc(N3CCC(O)(C(=O)NCc4cc(F)cc(Cl)c4)C3=O)n2)COC1c1cc(F)ccc1F. The standard InChI is InChI=1S/C25H24ClF3N6O4/c26-14-5-13(6-16(28)7-14)10-31-23(36)25(38)3-4-34(24(25)37)21-11-32-35(33-21)17-9-20(30)22(39-12-17)18-8-15(27)1-2-19(18)29/h1-2,5-8,11,17,20,22,38H,3-4,9-10,12,30H2,(H,31,36). The van der Waals surface area contributed by atoms with Gasteiger partial charge in [0.2, 0.25) is 5.60 Å². The molecular weight excluding hydrogens is 541 g/mol. The third-order valence-corrected chi connectivity index (χ3v) is 7.03. The van der Waals surface area contributed by atoms with Crippen molar-refractivity contribution in [2.75, 3.05) is 18.1 Å². The van der Waals surface area contributed by atoms with Crippen molar-refractivity contribution in [2.24, 2.45) is 5.73 Å². The number of aromatic nitrogens is 3. The molecule has 0 radical (unpaired) electrons. The van der Waals surface area contributed by atoms with E-state index in [0.717, 1.165) is 29.2 Å². The minimum absolute atomic E-state index is 0.00512. The zero-order chi connectivity index (χ0) is 27.9. The summed E-state index contributed by atoms with van der Waals surface area (Å²) in [6.07, 6.45) is 0.524. The Labute approximate surface area is 225 Å². The number of benzene rings is 2. The van der Waals surface area contributed by atoms with E-state index in [0.29, 0.717) is 5.56 Å². The summed E-state index contributed by atoms with van der Waals surface area (Å²) in [5.41, 5.74) is 4.25. The fraction of sp³-hybridized carbons (Fsp3) is 0.360. The Morgan fingerprint density at radius 3 is 2.77 bits per heavy atom. The van der Waals surface area contributed by atoms with Gasteiger partial charge in [-0.25, -0.2) is 13.2 Å². The van der Waals surface area contributed by atoms with Crippen molar-refractivity contribution in [2.45, 2.75) is 43.2 Å². The number of aliphatic hydroxyl groups is 1. The highest BCUT2D eigenvalue weighted by atomic mass is 35.5. The molecule has 2 saturated heterocycles. The van der Waals surface area contributed by atoms with E-state index in [2.05, 4.69) is 15.5 Å². The average molecular weight is 565 g/mol. The fourth-order valence-electron chi connectivity index (χ4n) is 4.80. The van der Waals surface area contributed by atoms with Gasteiger partial charge in [0.25, 0.3) is 11.8 Å². The molecule has 2 aliphatic rings. The van der Waals surface area contributed by atoms with Gasteiger partial charge < -0.3 is 20.9 Å². The zero-order valence-electron chi connectivity index (χ0n) is 20.4. The lowest BCUT2D eigenvalue weighted by Gasteiger charge is -2.34. The summed E-state index contributed by atoms with van der Waals surface area (Å²) >= 11 is 5.82. The molecule has 3 heterocycles. The Balaban J connectivity index is 1.23. The van der Waals surface area contributed by atoms with Crippen LogP contribution in [0, 0.1) is 17.5 Å². The van der Waals surface area contributed by atoms with Crippen LogP contribution in [-0.4, -0.2) is 56.7 Å². The minimum Gasteiger partial charge on any atom is -0.372 e. The van der Waals surface area contributed by atoms with Gasteiger partial charge in [0.1, 0.15) is 23.6 Å². The van der Waals surface area contributed by atoms with E-state index < -0.39 is 53.1 Å². The molecule has 14 heteroatoms. The van der Waals surface area contributed by atoms with E-state index in [9.17, 15) is 27.9 Å². The van der Waals surface area contributed by atoms with Crippen molar-refractivity contribution in [3.8, 4) is 0 Å². The van der Waals surface area contributed by atoms with Crippen LogP contribution in [0.3, 0.4) is 0 Å². The lowest BCUT2D eigenvalue weighted by atomic mass is 9.94. The molecular formula is C25H24ClF3N6O4. The highest BCUT2D eigenvalue weighted by Gasteiger charge is 2.52. The van der Waals surface area contributed by atoms with Crippen molar-refractivity contribution in [1.29, 1.82) is 0 Å². The number of ether oxygens (including phenoxy) is 1. The first-order valence-corrected chi connectivity index (χ1v) is 12.4. The van der Waals surface area contributed by atoms with Gasteiger partial charge in [-0.3, -0.25) is 14.5 Å². The van der Waals surface area contributed by atoms with Gasteiger partial charge in [-0.2, -0.15) is 9.90 Å². The number of hydrogen-bond acceptors (Lipinski definition) is 7. The fourth-order valence-corrected chi connectivity index (χ4v) is 5.05. The summed E-state index contributed by atoms with van der Waals surface area (Å²) in [6.45, 7) is -0.105. The molecule has 1 aromatic heterocycles. The molecule has 2 amide bonds. The average Bonchev–Trinajstić information content (AvgIpc) is 3.49. The van der Waals surface area contributed by atoms with E-state index in [-0.39, 0.29) is 48.9 Å². The first-order chi connectivity index (χ1) is 18.5. The van der Waals surface area contributed by atoms with E-state index in [1.807, 2.05) is 0 Å². The molecule has 4 N–H and O–H groups in total. The lowest BCUT2D eigenvalue weighted by Crippen LogP contribution is -2.52. The molecule has 0 spiro atoms. The van der Waals surface area contributed by atoms with Gasteiger partial charge in [0.05, 0.1) is 18.8 Å². The van der Waals surface area contributed by atoms with Crippen LogP contribution in [0.15, 0.2) is 42.6 Å². The van der Waals surface area contributed by atoms with Crippen LogP contribution < -0.4 is 16.0 Å². The predicted octanol–water partition coefficient (Wildman–Crippen LogP) is 2.16. The van der Waals surface area contributed by atoms with Crippen LogP contribution in [0.25, 0.3) is 0 Å². The summed E-state index contributed by atoms with van der Waals surface area (Å²) in [5.74, 6) is -3.54. The second kappa shape index (κ2) is 10.6. The van der Waals surface area contributed by atoms with E-state index in [4.69, 9.17) is 22.1 Å². The largest absolute Gasteiger partial charge is 0.372 e. The zero-order valence-corrected chi connectivity index (χ0v) is 21.1. The number of anilines is 1. The molecule has 3 aromatic rings. The Bertz CT molecular complexity index is 1400. The van der Waals surface area contributed by atoms with E-state index >= 15 is 0 Å². The number of amides is 2. The highest BCUT2D eigenvalue weighted by Crippen LogP contribution is 2.34. The second-order valence-corrected chi connectivity index (χ2v) is 9.96. The maximum absolute atomic E-state index is 14.2. The molecule has 0 saturated carbocycles. The van der Waals surface area contributed by atoms with Crippen molar-refractivity contribution in [3.63, 3.8) is 0 Å². The molecule has 0 bridgehead atoms. The number of halogens is 4. The van der Waals surface area contributed by atoms with Crippen LogP contribution in [0.5, 0.6) is 0 Å². The third-order valence-electron chi connectivity index (χ3n) is 6.81. The summed E-state index contributed by atoms with van der Waals surface area (Å²) in [4.78, 5) is 28.2. The molecule has 2 aromatic carbocycles. The Kier molecular flexibility index (Phi) is 7.33. The molecule has 10 nitrogen and oxygen atoms in total. The van der Waals surface area contributed by atoms with E-state index in [1.165, 1.54) is 23.1 Å². The number of rotatable bonds is 6. The van der Waals surface area contributed by atoms with Gasteiger partial charge in [-0.1, -0.05) is 11.6 Å². The summed E-state index contributed by atoms with van der Waals surface area (Å²) < 4.78 is 47.1.